The second-order valence-corrected chi connectivity index (χ2v) is 3.17. The number of benzene rings is 1. The highest BCUT2D eigenvalue weighted by atomic mass is 35.5. The van der Waals surface area contributed by atoms with Crippen molar-refractivity contribution >= 4 is 34.8 Å². The molecular formula is C11H8ClNO3. The molecule has 0 amide bonds. The van der Waals surface area contributed by atoms with Gasteiger partial charge in [-0.15, -0.1) is 0 Å². The molecule has 5 heteroatoms. The average molecular weight is 238 g/mol. The number of carbonyl (C=O) groups excluding carboxylic acids is 1. The van der Waals surface area contributed by atoms with Gasteiger partial charge in [0.25, 0.3) is 0 Å². The largest absolute Gasteiger partial charge is 0.476 e. The molecule has 0 atom stereocenters. The number of aliphatic carboxylic acids is 1. The van der Waals surface area contributed by atoms with Crippen molar-refractivity contribution in [2.75, 3.05) is 0 Å². The fraction of sp³-hybridized carbons (Fsp3) is 0. The van der Waals surface area contributed by atoms with Gasteiger partial charge in [0.2, 0.25) is 6.29 Å². The van der Waals surface area contributed by atoms with Gasteiger partial charge in [-0.25, -0.2) is 4.79 Å². The van der Waals surface area contributed by atoms with E-state index < -0.39 is 5.97 Å². The zero-order valence-electron chi connectivity index (χ0n) is 8.13. The van der Waals surface area contributed by atoms with Gasteiger partial charge in [-0.1, -0.05) is 17.7 Å². The minimum Gasteiger partial charge on any atom is -0.476 e. The van der Waals surface area contributed by atoms with Crippen molar-refractivity contribution in [3.05, 3.63) is 41.6 Å². The van der Waals surface area contributed by atoms with Gasteiger partial charge in [-0.2, -0.15) is 0 Å². The lowest BCUT2D eigenvalue weighted by Gasteiger charge is -1.96. The van der Waals surface area contributed by atoms with Crippen molar-refractivity contribution in [3.63, 3.8) is 0 Å². The first-order valence-electron chi connectivity index (χ1n) is 4.32. The molecule has 0 fully saturated rings. The third kappa shape index (κ3) is 3.33. The second-order valence-electron chi connectivity index (χ2n) is 2.77. The first kappa shape index (κ1) is 12.1. The summed E-state index contributed by atoms with van der Waals surface area (Å²) in [5.41, 5.74) is 0.944. The van der Waals surface area contributed by atoms with Crippen molar-refractivity contribution in [2.45, 2.75) is 0 Å². The highest BCUT2D eigenvalue weighted by Crippen LogP contribution is 2.20. The minimum absolute atomic E-state index is 0.167. The zero-order valence-corrected chi connectivity index (χ0v) is 8.89. The average Bonchev–Trinajstić information content (AvgIpc) is 2.30. The normalized spacial score (nSPS) is 9.06. The summed E-state index contributed by atoms with van der Waals surface area (Å²) in [7, 11) is 0. The number of carbonyl (C=O) groups is 2. The number of fused-ring (bicyclic) bond motifs is 1. The van der Waals surface area contributed by atoms with E-state index in [1.54, 1.807) is 6.20 Å². The van der Waals surface area contributed by atoms with E-state index in [0.29, 0.717) is 0 Å². The molecule has 16 heavy (non-hydrogen) atoms. The number of hydrogen-bond donors (Lipinski definition) is 1. The Hall–Kier alpha value is -1.94. The molecule has 0 radical (unpaired) electrons. The maximum absolute atomic E-state index is 9.00. The van der Waals surface area contributed by atoms with Crippen LogP contribution < -0.4 is 0 Å². The Morgan fingerprint density at radius 2 is 2.00 bits per heavy atom. The molecule has 0 bridgehead atoms. The van der Waals surface area contributed by atoms with Crippen LogP contribution in [0.3, 0.4) is 0 Å². The van der Waals surface area contributed by atoms with Crippen LogP contribution in [0.5, 0.6) is 0 Å². The van der Waals surface area contributed by atoms with E-state index >= 15 is 0 Å². The molecule has 0 unspecified atom stereocenters. The van der Waals surface area contributed by atoms with Crippen LogP contribution in [0.15, 0.2) is 36.5 Å². The lowest BCUT2D eigenvalue weighted by atomic mass is 10.2. The summed E-state index contributed by atoms with van der Waals surface area (Å²) in [6, 6.07) is 9.56. The Labute approximate surface area is 96.5 Å². The molecular weight excluding hydrogens is 230 g/mol. The van der Waals surface area contributed by atoms with Gasteiger partial charge in [0.15, 0.2) is 0 Å². The number of pyridine rings is 1. The van der Waals surface area contributed by atoms with E-state index in [-0.39, 0.29) is 6.29 Å². The molecule has 0 saturated heterocycles. The minimum atomic E-state index is -1.43. The highest BCUT2D eigenvalue weighted by Gasteiger charge is 1.95. The Bertz CT molecular complexity index is 508. The number of carboxylic acids is 1. The lowest BCUT2D eigenvalue weighted by Crippen LogP contribution is -1.91. The van der Waals surface area contributed by atoms with Gasteiger partial charge < -0.3 is 5.11 Å². The maximum atomic E-state index is 9.00. The molecule has 2 aromatic rings. The quantitative estimate of drug-likeness (QED) is 0.610. The van der Waals surface area contributed by atoms with Crippen molar-refractivity contribution in [1.82, 2.24) is 4.98 Å². The van der Waals surface area contributed by atoms with Crippen molar-refractivity contribution in [3.8, 4) is 0 Å². The number of rotatable bonds is 1. The number of nitrogens with zero attached hydrogens (tertiary/aromatic N) is 1. The van der Waals surface area contributed by atoms with E-state index in [0.717, 1.165) is 15.9 Å². The van der Waals surface area contributed by atoms with Gasteiger partial charge in [0, 0.05) is 16.6 Å². The fourth-order valence-electron chi connectivity index (χ4n) is 1.07. The van der Waals surface area contributed by atoms with Crippen LogP contribution >= 0.6 is 11.6 Å². The van der Waals surface area contributed by atoms with Crippen molar-refractivity contribution in [2.24, 2.45) is 0 Å². The number of aldehydes is 1. The van der Waals surface area contributed by atoms with E-state index in [1.165, 1.54) is 0 Å². The number of halogens is 1. The van der Waals surface area contributed by atoms with Crippen LogP contribution in [-0.4, -0.2) is 22.3 Å². The van der Waals surface area contributed by atoms with Crippen LogP contribution in [0.25, 0.3) is 10.9 Å². The highest BCUT2D eigenvalue weighted by molar-refractivity contribution is 6.35. The molecule has 0 spiro atoms. The Balaban J connectivity index is 0.000000221. The maximum Gasteiger partial charge on any atom is 0.368 e. The molecule has 4 nitrogen and oxygen atoms in total. The summed E-state index contributed by atoms with van der Waals surface area (Å²) in [4.78, 5) is 22.1. The van der Waals surface area contributed by atoms with Crippen LogP contribution in [0.2, 0.25) is 5.02 Å². The summed E-state index contributed by atoms with van der Waals surface area (Å²) in [6.45, 7) is 0. The van der Waals surface area contributed by atoms with Crippen LogP contribution in [-0.2, 0) is 9.59 Å². The first-order valence-corrected chi connectivity index (χ1v) is 4.70. The molecule has 0 aliphatic carbocycles. The van der Waals surface area contributed by atoms with E-state index in [9.17, 15) is 0 Å². The topological polar surface area (TPSA) is 67.3 Å². The summed E-state index contributed by atoms with van der Waals surface area (Å²) in [5.74, 6) is -1.43. The molecule has 1 heterocycles. The van der Waals surface area contributed by atoms with Crippen LogP contribution in [0.1, 0.15) is 0 Å². The Morgan fingerprint density at radius 1 is 1.31 bits per heavy atom. The van der Waals surface area contributed by atoms with Crippen molar-refractivity contribution in [1.29, 1.82) is 0 Å². The Kier molecular flexibility index (Phi) is 4.42. The van der Waals surface area contributed by atoms with Gasteiger partial charge >= 0.3 is 5.97 Å². The fourth-order valence-corrected chi connectivity index (χ4v) is 1.30. The van der Waals surface area contributed by atoms with Gasteiger partial charge in [-0.05, 0) is 24.3 Å². The van der Waals surface area contributed by atoms with Crippen LogP contribution in [0.4, 0.5) is 0 Å². The third-order valence-corrected chi connectivity index (χ3v) is 2.02. The molecule has 1 aromatic heterocycles. The third-order valence-electron chi connectivity index (χ3n) is 1.69. The molecule has 1 N–H and O–H groups in total. The molecule has 0 aliphatic rings. The Morgan fingerprint density at radius 3 is 2.56 bits per heavy atom. The predicted octanol–water partition coefficient (Wildman–Crippen LogP) is 2.16. The summed E-state index contributed by atoms with van der Waals surface area (Å²) in [6.07, 6.45) is 1.60. The molecule has 2 rings (SSSR count). The predicted molar refractivity (Wildman–Crippen MR) is 60.5 cm³/mol. The standard InChI is InChI=1S/C9H6ClN.C2H2O3/c10-8-4-1-5-9-7(8)3-2-6-11-9;3-1-2(4)5/h1-6H;1H,(H,4,5). The first-order chi connectivity index (χ1) is 7.65. The van der Waals surface area contributed by atoms with Crippen LogP contribution in [0, 0.1) is 0 Å². The number of hydrogen-bond acceptors (Lipinski definition) is 3. The zero-order chi connectivity index (χ0) is 12.0. The van der Waals surface area contributed by atoms with E-state index in [2.05, 4.69) is 4.98 Å². The lowest BCUT2D eigenvalue weighted by molar-refractivity contribution is -0.143. The smallest absolute Gasteiger partial charge is 0.368 e. The van der Waals surface area contributed by atoms with Crippen molar-refractivity contribution < 1.29 is 14.7 Å². The summed E-state index contributed by atoms with van der Waals surface area (Å²) >= 11 is 5.92. The second kappa shape index (κ2) is 5.82. The number of aromatic nitrogens is 1. The number of carboxylic acid groups (broad SMARTS) is 1. The molecule has 0 saturated carbocycles. The molecule has 1 aromatic carbocycles. The van der Waals surface area contributed by atoms with E-state index in [1.807, 2.05) is 30.3 Å². The SMILES string of the molecule is Clc1cccc2ncccc12.O=CC(=O)O. The molecule has 0 aliphatic heterocycles. The van der Waals surface area contributed by atoms with E-state index in [4.69, 9.17) is 26.3 Å². The monoisotopic (exact) mass is 237 g/mol. The summed E-state index contributed by atoms with van der Waals surface area (Å²) < 4.78 is 0. The van der Waals surface area contributed by atoms with Gasteiger partial charge in [0.05, 0.1) is 5.52 Å². The summed E-state index contributed by atoms with van der Waals surface area (Å²) in [5, 5.41) is 9.12. The van der Waals surface area contributed by atoms with Gasteiger partial charge in [0.1, 0.15) is 0 Å². The van der Waals surface area contributed by atoms with Gasteiger partial charge in [-0.3, -0.25) is 9.78 Å². The molecule has 82 valence electrons.